The molecule has 0 aliphatic rings. The van der Waals surface area contributed by atoms with Crippen LogP contribution in [0.25, 0.3) is 0 Å². The van der Waals surface area contributed by atoms with Gasteiger partial charge < -0.3 is 5.11 Å². The third kappa shape index (κ3) is 3.97. The Labute approximate surface area is 98.4 Å². The van der Waals surface area contributed by atoms with Crippen molar-refractivity contribution in [2.24, 2.45) is 0 Å². The van der Waals surface area contributed by atoms with Crippen molar-refractivity contribution in [1.29, 1.82) is 0 Å². The molecule has 0 spiro atoms. The van der Waals surface area contributed by atoms with Gasteiger partial charge in [0, 0.05) is 0 Å². The van der Waals surface area contributed by atoms with E-state index in [4.69, 9.17) is 5.11 Å². The molecule has 0 amide bonds. The van der Waals surface area contributed by atoms with Crippen molar-refractivity contribution in [1.82, 2.24) is 0 Å². The summed E-state index contributed by atoms with van der Waals surface area (Å²) in [7, 11) is 0. The van der Waals surface area contributed by atoms with E-state index in [0.717, 1.165) is 24.3 Å². The Balaban J connectivity index is 2.77. The van der Waals surface area contributed by atoms with Crippen LogP contribution in [0.15, 0.2) is 36.1 Å². The van der Waals surface area contributed by atoms with Crippen molar-refractivity contribution in [3.63, 3.8) is 0 Å². The molecule has 0 fully saturated rings. The van der Waals surface area contributed by atoms with Gasteiger partial charge in [-0.2, -0.15) is 26.3 Å². The quantitative estimate of drug-likeness (QED) is 0.629. The van der Waals surface area contributed by atoms with Crippen LogP contribution in [0.4, 0.5) is 26.3 Å². The van der Waals surface area contributed by atoms with Crippen molar-refractivity contribution in [2.75, 3.05) is 0 Å². The second-order valence-electron chi connectivity index (χ2n) is 3.49. The van der Waals surface area contributed by atoms with Crippen molar-refractivity contribution in [2.45, 2.75) is 18.8 Å². The van der Waals surface area contributed by atoms with Gasteiger partial charge >= 0.3 is 12.4 Å². The minimum absolute atomic E-state index is 0.235. The summed E-state index contributed by atoms with van der Waals surface area (Å²) in [6.07, 6.45) is -9.12. The van der Waals surface area contributed by atoms with Crippen LogP contribution in [-0.4, -0.2) is 11.3 Å². The summed E-state index contributed by atoms with van der Waals surface area (Å²) in [5, 5.41) is 8.59. The van der Waals surface area contributed by atoms with Gasteiger partial charge in [-0.15, -0.1) is 0 Å². The molecule has 1 N–H and O–H groups in total. The average Bonchev–Trinajstić information content (AvgIpc) is 2.24. The molecule has 0 saturated heterocycles. The van der Waals surface area contributed by atoms with Crippen LogP contribution in [0.5, 0.6) is 0 Å². The lowest BCUT2D eigenvalue weighted by Crippen LogP contribution is -2.11. The summed E-state index contributed by atoms with van der Waals surface area (Å²) in [6, 6.07) is 3.66. The first-order chi connectivity index (χ1) is 8.10. The number of allylic oxidation sites excluding steroid dienone is 2. The molecule has 0 aromatic heterocycles. The minimum Gasteiger partial charge on any atom is -0.504 e. The topological polar surface area (TPSA) is 20.2 Å². The number of hydrogen-bond acceptors (Lipinski definition) is 1. The fraction of sp³-hybridized carbons (Fsp3) is 0.273. The molecule has 1 rings (SSSR count). The van der Waals surface area contributed by atoms with E-state index in [1.807, 2.05) is 0 Å². The fourth-order valence-electron chi connectivity index (χ4n) is 1.16. The van der Waals surface area contributed by atoms with Crippen LogP contribution in [0.3, 0.4) is 0 Å². The van der Waals surface area contributed by atoms with E-state index in [0.29, 0.717) is 6.08 Å². The second-order valence-corrected chi connectivity index (χ2v) is 3.49. The first-order valence-electron chi connectivity index (χ1n) is 4.73. The van der Waals surface area contributed by atoms with Gasteiger partial charge in [-0.25, -0.2) is 0 Å². The lowest BCUT2D eigenvalue weighted by atomic mass is 10.1. The maximum absolute atomic E-state index is 12.2. The van der Waals surface area contributed by atoms with Crippen LogP contribution in [0, 0.1) is 0 Å². The third-order valence-electron chi connectivity index (χ3n) is 2.10. The van der Waals surface area contributed by atoms with E-state index in [2.05, 4.69) is 0 Å². The predicted molar refractivity (Wildman–Crippen MR) is 51.9 cm³/mol. The smallest absolute Gasteiger partial charge is 0.448 e. The molecule has 1 aromatic rings. The Hall–Kier alpha value is -1.66. The lowest BCUT2D eigenvalue weighted by molar-refractivity contribution is -0.137. The van der Waals surface area contributed by atoms with Gasteiger partial charge in [0.25, 0.3) is 0 Å². The Morgan fingerprint density at radius 3 is 1.89 bits per heavy atom. The van der Waals surface area contributed by atoms with Crippen molar-refractivity contribution >= 4 is 0 Å². The van der Waals surface area contributed by atoms with E-state index < -0.39 is 23.7 Å². The van der Waals surface area contributed by atoms with Gasteiger partial charge in [-0.05, 0) is 30.2 Å². The maximum Gasteiger partial charge on any atom is 0.448 e. The highest BCUT2D eigenvalue weighted by Gasteiger charge is 2.33. The van der Waals surface area contributed by atoms with Gasteiger partial charge in [-0.1, -0.05) is 12.1 Å². The highest BCUT2D eigenvalue weighted by molar-refractivity contribution is 5.26. The Kier molecular flexibility index (Phi) is 3.93. The van der Waals surface area contributed by atoms with Gasteiger partial charge in [0.05, 0.1) is 5.56 Å². The molecule has 100 valence electrons. The zero-order valence-electron chi connectivity index (χ0n) is 8.81. The second kappa shape index (κ2) is 4.91. The Bertz CT molecular complexity index is 426. The highest BCUT2D eigenvalue weighted by Crippen LogP contribution is 2.29. The lowest BCUT2D eigenvalue weighted by Gasteiger charge is -2.07. The molecule has 0 heterocycles. The first kappa shape index (κ1) is 14.4. The molecule has 7 heteroatoms. The van der Waals surface area contributed by atoms with Crippen LogP contribution in [0.2, 0.25) is 0 Å². The zero-order valence-corrected chi connectivity index (χ0v) is 8.81. The Morgan fingerprint density at radius 2 is 1.50 bits per heavy atom. The van der Waals surface area contributed by atoms with Gasteiger partial charge in [0.2, 0.25) is 0 Å². The molecule has 1 aromatic carbocycles. The van der Waals surface area contributed by atoms with E-state index in [1.54, 1.807) is 0 Å². The number of aliphatic hydroxyl groups excluding tert-OH is 1. The monoisotopic (exact) mass is 270 g/mol. The van der Waals surface area contributed by atoms with Crippen molar-refractivity contribution in [3.05, 3.63) is 47.2 Å². The molecule has 0 bridgehead atoms. The van der Waals surface area contributed by atoms with E-state index in [9.17, 15) is 26.3 Å². The zero-order chi connectivity index (χ0) is 14.0. The number of halogens is 6. The number of benzene rings is 1. The van der Waals surface area contributed by atoms with Gasteiger partial charge in [0.15, 0.2) is 5.76 Å². The van der Waals surface area contributed by atoms with E-state index in [1.165, 1.54) is 0 Å². The van der Waals surface area contributed by atoms with Crippen LogP contribution < -0.4 is 0 Å². The summed E-state index contributed by atoms with van der Waals surface area (Å²) in [5.41, 5.74) is -0.644. The first-order valence-corrected chi connectivity index (χ1v) is 4.73. The summed E-state index contributed by atoms with van der Waals surface area (Å²) >= 11 is 0. The molecule has 0 aliphatic carbocycles. The van der Waals surface area contributed by atoms with E-state index >= 15 is 0 Å². The highest BCUT2D eigenvalue weighted by atomic mass is 19.4. The Morgan fingerprint density at radius 1 is 1.00 bits per heavy atom. The van der Waals surface area contributed by atoms with Crippen molar-refractivity contribution in [3.8, 4) is 0 Å². The third-order valence-corrected chi connectivity index (χ3v) is 2.10. The molecule has 0 aliphatic heterocycles. The summed E-state index contributed by atoms with van der Waals surface area (Å²) < 4.78 is 72.3. The molecule has 0 saturated carbocycles. The average molecular weight is 270 g/mol. The molecule has 1 nitrogen and oxygen atoms in total. The molecule has 0 radical (unpaired) electrons. The van der Waals surface area contributed by atoms with Gasteiger partial charge in [0.1, 0.15) is 0 Å². The number of hydrogen-bond donors (Lipinski definition) is 1. The summed E-state index contributed by atoms with van der Waals surface area (Å²) in [4.78, 5) is 0. The molecular weight excluding hydrogens is 262 g/mol. The fourth-order valence-corrected chi connectivity index (χ4v) is 1.16. The maximum atomic E-state index is 12.2. The summed E-state index contributed by atoms with van der Waals surface area (Å²) in [5.74, 6) is -1.76. The standard InChI is InChI=1S/C11H8F6O/c12-10(13,14)8-4-1-7(2-5-8)3-6-9(18)11(15,16)17/h1-2,4-6,18H,3H2/b9-6-. The molecule has 0 atom stereocenters. The van der Waals surface area contributed by atoms with Crippen LogP contribution in [0.1, 0.15) is 11.1 Å². The SMILES string of the molecule is O/C(=C\Cc1ccc(C(F)(F)F)cc1)C(F)(F)F. The summed E-state index contributed by atoms with van der Waals surface area (Å²) in [6.45, 7) is 0. The number of rotatable bonds is 2. The van der Waals surface area contributed by atoms with Crippen LogP contribution >= 0.6 is 0 Å². The van der Waals surface area contributed by atoms with Gasteiger partial charge in [-0.3, -0.25) is 0 Å². The van der Waals surface area contributed by atoms with Crippen molar-refractivity contribution < 1.29 is 31.4 Å². The van der Waals surface area contributed by atoms with E-state index in [-0.39, 0.29) is 12.0 Å². The van der Waals surface area contributed by atoms with Crippen LogP contribution in [-0.2, 0) is 12.6 Å². The normalized spacial score (nSPS) is 13.8. The predicted octanol–water partition coefficient (Wildman–Crippen LogP) is 4.25. The molecule has 0 unspecified atom stereocenters. The number of alkyl halides is 6. The minimum atomic E-state index is -4.84. The number of aliphatic hydroxyl groups is 1. The molecular formula is C11H8F6O. The largest absolute Gasteiger partial charge is 0.504 e. The molecule has 18 heavy (non-hydrogen) atoms.